The smallest absolute Gasteiger partial charge is 0.352 e. The average molecular weight is 396 g/mol. The van der Waals surface area contributed by atoms with Gasteiger partial charge in [0.15, 0.2) is 16.7 Å². The van der Waals surface area contributed by atoms with E-state index in [2.05, 4.69) is 20.6 Å². The fourth-order valence-electron chi connectivity index (χ4n) is 2.44. The molecule has 2 heterocycles. The van der Waals surface area contributed by atoms with Gasteiger partial charge in [0.25, 0.3) is 5.91 Å². The standard InChI is InChI=1S/C17H13ClF3N5O/c18-13-6-7-14(25-24-13)26-15(17(19,20)21)12(10-23-26)16(27)22-9-8-11-4-2-1-3-5-11/h1-7,10H,8-9H2,(H,22,27). The molecule has 1 aromatic carbocycles. The van der Waals surface area contributed by atoms with Crippen LogP contribution in [0.1, 0.15) is 21.6 Å². The molecule has 0 saturated carbocycles. The molecule has 0 radical (unpaired) electrons. The summed E-state index contributed by atoms with van der Waals surface area (Å²) in [4.78, 5) is 12.3. The second kappa shape index (κ2) is 7.75. The lowest BCUT2D eigenvalue weighted by Crippen LogP contribution is -2.28. The van der Waals surface area contributed by atoms with E-state index in [4.69, 9.17) is 11.6 Å². The van der Waals surface area contributed by atoms with Crippen LogP contribution < -0.4 is 5.32 Å². The number of halogens is 4. The molecule has 3 rings (SSSR count). The molecular formula is C17H13ClF3N5O. The van der Waals surface area contributed by atoms with Gasteiger partial charge >= 0.3 is 6.18 Å². The third kappa shape index (κ3) is 4.43. The topological polar surface area (TPSA) is 72.7 Å². The summed E-state index contributed by atoms with van der Waals surface area (Å²) in [5.41, 5.74) is -0.857. The summed E-state index contributed by atoms with van der Waals surface area (Å²) in [7, 11) is 0. The minimum Gasteiger partial charge on any atom is -0.352 e. The Balaban J connectivity index is 1.82. The Hall–Kier alpha value is -2.94. The number of alkyl halides is 3. The van der Waals surface area contributed by atoms with Gasteiger partial charge in [0.1, 0.15) is 0 Å². The van der Waals surface area contributed by atoms with Gasteiger partial charge in [-0.3, -0.25) is 4.79 Å². The highest BCUT2D eigenvalue weighted by atomic mass is 35.5. The molecule has 3 aromatic rings. The number of amides is 1. The number of nitrogens with one attached hydrogen (secondary N) is 1. The SMILES string of the molecule is O=C(NCCc1ccccc1)c1cnn(-c2ccc(Cl)nn2)c1C(F)(F)F. The van der Waals surface area contributed by atoms with Gasteiger partial charge in [0.05, 0.1) is 11.8 Å². The van der Waals surface area contributed by atoms with Crippen LogP contribution in [0.3, 0.4) is 0 Å². The Morgan fingerprint density at radius 1 is 1.11 bits per heavy atom. The summed E-state index contributed by atoms with van der Waals surface area (Å²) in [6, 6.07) is 11.8. The van der Waals surface area contributed by atoms with Crippen LogP contribution in [0.4, 0.5) is 13.2 Å². The van der Waals surface area contributed by atoms with Crippen molar-refractivity contribution >= 4 is 17.5 Å². The van der Waals surface area contributed by atoms with Crippen LogP contribution in [0.15, 0.2) is 48.7 Å². The van der Waals surface area contributed by atoms with Crippen molar-refractivity contribution in [2.45, 2.75) is 12.6 Å². The summed E-state index contributed by atoms with van der Waals surface area (Å²) in [6.45, 7) is 0.187. The van der Waals surface area contributed by atoms with E-state index in [0.717, 1.165) is 11.8 Å². The second-order valence-corrected chi connectivity index (χ2v) is 5.91. The predicted molar refractivity (Wildman–Crippen MR) is 91.6 cm³/mol. The highest BCUT2D eigenvalue weighted by Crippen LogP contribution is 2.33. The van der Waals surface area contributed by atoms with E-state index in [1.54, 1.807) is 0 Å². The number of hydrogen-bond donors (Lipinski definition) is 1. The monoisotopic (exact) mass is 395 g/mol. The number of aromatic nitrogens is 4. The van der Waals surface area contributed by atoms with Crippen molar-refractivity contribution in [3.8, 4) is 5.82 Å². The molecule has 140 valence electrons. The molecule has 1 N–H and O–H groups in total. The largest absolute Gasteiger partial charge is 0.434 e. The third-order valence-electron chi connectivity index (χ3n) is 3.66. The quantitative estimate of drug-likeness (QED) is 0.719. The fourth-order valence-corrected chi connectivity index (χ4v) is 2.54. The fraction of sp³-hybridized carbons (Fsp3) is 0.176. The molecule has 6 nitrogen and oxygen atoms in total. The molecule has 0 unspecified atom stereocenters. The van der Waals surface area contributed by atoms with Crippen LogP contribution >= 0.6 is 11.6 Å². The summed E-state index contributed by atoms with van der Waals surface area (Å²) in [5.74, 6) is -1.07. The molecule has 0 bridgehead atoms. The normalized spacial score (nSPS) is 11.4. The van der Waals surface area contributed by atoms with Gasteiger partial charge in [-0.2, -0.15) is 18.3 Å². The van der Waals surface area contributed by atoms with Gasteiger partial charge in [-0.05, 0) is 24.1 Å². The highest BCUT2D eigenvalue weighted by Gasteiger charge is 2.40. The number of rotatable bonds is 5. The maximum atomic E-state index is 13.5. The minimum atomic E-state index is -4.82. The number of carbonyl (C=O) groups is 1. The molecule has 1 amide bonds. The first kappa shape index (κ1) is 18.8. The zero-order valence-electron chi connectivity index (χ0n) is 13.7. The van der Waals surface area contributed by atoms with E-state index < -0.39 is 23.3 Å². The van der Waals surface area contributed by atoms with Crippen LogP contribution in [0, 0.1) is 0 Å². The lowest BCUT2D eigenvalue weighted by Gasteiger charge is -2.12. The van der Waals surface area contributed by atoms with Crippen LogP contribution in [0.5, 0.6) is 0 Å². The Bertz CT molecular complexity index is 926. The molecule has 27 heavy (non-hydrogen) atoms. The zero-order chi connectivity index (χ0) is 19.4. The second-order valence-electron chi connectivity index (χ2n) is 5.52. The number of carbonyl (C=O) groups excluding carboxylic acids is 1. The van der Waals surface area contributed by atoms with E-state index >= 15 is 0 Å². The molecule has 0 aliphatic rings. The molecule has 0 fully saturated rings. The van der Waals surface area contributed by atoms with E-state index in [0.29, 0.717) is 11.1 Å². The molecule has 0 aliphatic carbocycles. The molecule has 0 spiro atoms. The summed E-state index contributed by atoms with van der Waals surface area (Å²) >= 11 is 5.60. The molecule has 10 heteroatoms. The van der Waals surface area contributed by atoms with Crippen molar-refractivity contribution in [2.24, 2.45) is 0 Å². The average Bonchev–Trinajstić information content (AvgIpc) is 3.09. The lowest BCUT2D eigenvalue weighted by molar-refractivity contribution is -0.143. The predicted octanol–water partition coefficient (Wildman–Crippen LogP) is 3.31. The van der Waals surface area contributed by atoms with E-state index in [9.17, 15) is 18.0 Å². The molecule has 0 atom stereocenters. The summed E-state index contributed by atoms with van der Waals surface area (Å²) < 4.78 is 41.1. The molecule has 0 saturated heterocycles. The Labute approximate surface area is 157 Å². The van der Waals surface area contributed by atoms with Crippen molar-refractivity contribution in [2.75, 3.05) is 6.54 Å². The van der Waals surface area contributed by atoms with Gasteiger partial charge in [-0.15, -0.1) is 10.2 Å². The minimum absolute atomic E-state index is 0.0262. The van der Waals surface area contributed by atoms with Crippen molar-refractivity contribution in [3.05, 3.63) is 70.6 Å². The van der Waals surface area contributed by atoms with Gasteiger partial charge in [-0.1, -0.05) is 41.9 Å². The Kier molecular flexibility index (Phi) is 5.41. The van der Waals surface area contributed by atoms with Gasteiger partial charge in [0.2, 0.25) is 0 Å². The highest BCUT2D eigenvalue weighted by molar-refractivity contribution is 6.29. The van der Waals surface area contributed by atoms with Crippen LogP contribution in [-0.4, -0.2) is 32.4 Å². The Morgan fingerprint density at radius 3 is 2.48 bits per heavy atom. The van der Waals surface area contributed by atoms with Crippen molar-refractivity contribution in [3.63, 3.8) is 0 Å². The first-order chi connectivity index (χ1) is 12.9. The van der Waals surface area contributed by atoms with Crippen molar-refractivity contribution < 1.29 is 18.0 Å². The van der Waals surface area contributed by atoms with Gasteiger partial charge in [-0.25, -0.2) is 4.68 Å². The number of benzene rings is 1. The van der Waals surface area contributed by atoms with E-state index in [-0.39, 0.29) is 17.5 Å². The Morgan fingerprint density at radius 2 is 1.85 bits per heavy atom. The van der Waals surface area contributed by atoms with Crippen molar-refractivity contribution in [1.29, 1.82) is 0 Å². The number of nitrogens with zero attached hydrogens (tertiary/aromatic N) is 4. The summed E-state index contributed by atoms with van der Waals surface area (Å²) in [6.07, 6.45) is -3.47. The van der Waals surface area contributed by atoms with Gasteiger partial charge in [0, 0.05) is 6.54 Å². The van der Waals surface area contributed by atoms with Crippen LogP contribution in [0.25, 0.3) is 5.82 Å². The van der Waals surface area contributed by atoms with Gasteiger partial charge < -0.3 is 5.32 Å². The number of hydrogen-bond acceptors (Lipinski definition) is 4. The zero-order valence-corrected chi connectivity index (χ0v) is 14.5. The molecule has 2 aromatic heterocycles. The third-order valence-corrected chi connectivity index (χ3v) is 3.86. The maximum absolute atomic E-state index is 13.5. The molecule has 0 aliphatic heterocycles. The lowest BCUT2D eigenvalue weighted by atomic mass is 10.1. The van der Waals surface area contributed by atoms with E-state index in [1.165, 1.54) is 12.1 Å². The van der Waals surface area contributed by atoms with E-state index in [1.807, 2.05) is 30.3 Å². The first-order valence-corrected chi connectivity index (χ1v) is 8.21. The van der Waals surface area contributed by atoms with Crippen LogP contribution in [-0.2, 0) is 12.6 Å². The summed E-state index contributed by atoms with van der Waals surface area (Å²) in [5, 5.41) is 13.3. The van der Waals surface area contributed by atoms with Crippen LogP contribution in [0.2, 0.25) is 5.15 Å². The molecular weight excluding hydrogens is 383 g/mol. The first-order valence-electron chi connectivity index (χ1n) is 7.83. The maximum Gasteiger partial charge on any atom is 0.434 e. The van der Waals surface area contributed by atoms with Crippen molar-refractivity contribution in [1.82, 2.24) is 25.3 Å².